The highest BCUT2D eigenvalue weighted by molar-refractivity contribution is 6.13. The Morgan fingerprint density at radius 1 is 1.14 bits per heavy atom. The number of hydrogen-bond donors (Lipinski definition) is 3. The first-order chi connectivity index (χ1) is 17.9. The fraction of sp³-hybridized carbons (Fsp3) is 0.172. The SMILES string of the molecule is C=CC(=O)N[C@H]1CCCN(c2c(F)cc(C(N)=O)c3[nH]cc(-c4ccc(Oc5ccccc5)cc4)c23)C1. The van der Waals surface area contributed by atoms with Gasteiger partial charge >= 0.3 is 0 Å². The van der Waals surface area contributed by atoms with Crippen molar-refractivity contribution in [2.45, 2.75) is 18.9 Å². The highest BCUT2D eigenvalue weighted by atomic mass is 19.1. The van der Waals surface area contributed by atoms with Gasteiger partial charge in [0.25, 0.3) is 5.91 Å². The number of nitrogens with two attached hydrogens (primary N) is 1. The molecule has 0 radical (unpaired) electrons. The minimum absolute atomic E-state index is 0.0834. The van der Waals surface area contributed by atoms with Crippen LogP contribution >= 0.6 is 0 Å². The van der Waals surface area contributed by atoms with Crippen LogP contribution in [0.3, 0.4) is 0 Å². The molecule has 1 fully saturated rings. The monoisotopic (exact) mass is 498 g/mol. The average Bonchev–Trinajstić information content (AvgIpc) is 3.34. The summed E-state index contributed by atoms with van der Waals surface area (Å²) in [4.78, 5) is 29.1. The summed E-state index contributed by atoms with van der Waals surface area (Å²) >= 11 is 0. The van der Waals surface area contributed by atoms with E-state index in [1.807, 2.05) is 59.5 Å². The number of halogens is 1. The fourth-order valence-electron chi connectivity index (χ4n) is 4.88. The summed E-state index contributed by atoms with van der Waals surface area (Å²) in [6, 6.07) is 18.0. The molecule has 0 spiro atoms. The molecular weight excluding hydrogens is 471 g/mol. The van der Waals surface area contributed by atoms with Crippen molar-refractivity contribution in [2.24, 2.45) is 5.73 Å². The lowest BCUT2D eigenvalue weighted by Crippen LogP contribution is -2.47. The van der Waals surface area contributed by atoms with Crippen LogP contribution in [-0.2, 0) is 4.79 Å². The van der Waals surface area contributed by atoms with E-state index in [-0.39, 0.29) is 17.5 Å². The number of hydrogen-bond acceptors (Lipinski definition) is 4. The number of ether oxygens (including phenoxy) is 1. The van der Waals surface area contributed by atoms with Crippen molar-refractivity contribution in [3.8, 4) is 22.6 Å². The molecule has 0 bridgehead atoms. The number of carbonyl (C=O) groups is 2. The zero-order valence-corrected chi connectivity index (χ0v) is 20.2. The van der Waals surface area contributed by atoms with E-state index in [1.165, 1.54) is 12.1 Å². The number of aromatic amines is 1. The Labute approximate surface area is 213 Å². The molecule has 1 atom stereocenters. The second kappa shape index (κ2) is 10.2. The highest BCUT2D eigenvalue weighted by Crippen LogP contribution is 2.41. The smallest absolute Gasteiger partial charge is 0.250 e. The number of carbonyl (C=O) groups excluding carboxylic acids is 2. The van der Waals surface area contributed by atoms with Gasteiger partial charge in [-0.3, -0.25) is 9.59 Å². The molecule has 2 heterocycles. The maximum atomic E-state index is 15.7. The van der Waals surface area contributed by atoms with E-state index in [9.17, 15) is 9.59 Å². The zero-order chi connectivity index (χ0) is 25.9. The third kappa shape index (κ3) is 4.91. The number of benzene rings is 3. The van der Waals surface area contributed by atoms with Crippen LogP contribution in [0.5, 0.6) is 11.5 Å². The van der Waals surface area contributed by atoms with E-state index in [2.05, 4.69) is 16.9 Å². The molecular formula is C29H27FN4O3. The summed E-state index contributed by atoms with van der Waals surface area (Å²) in [5, 5.41) is 3.49. The first kappa shape index (κ1) is 24.1. The van der Waals surface area contributed by atoms with E-state index in [4.69, 9.17) is 10.5 Å². The Morgan fingerprint density at radius 3 is 2.57 bits per heavy atom. The molecule has 1 aliphatic rings. The van der Waals surface area contributed by atoms with Gasteiger partial charge in [0.2, 0.25) is 5.91 Å². The number of nitrogens with one attached hydrogen (secondary N) is 2. The van der Waals surface area contributed by atoms with Crippen LogP contribution in [0.15, 0.2) is 79.5 Å². The molecule has 1 aromatic heterocycles. The molecule has 0 unspecified atom stereocenters. The molecule has 5 rings (SSSR count). The number of rotatable bonds is 7. The number of nitrogens with zero attached hydrogens (tertiary/aromatic N) is 1. The topological polar surface area (TPSA) is 100 Å². The maximum absolute atomic E-state index is 15.7. The van der Waals surface area contributed by atoms with Gasteiger partial charge in [-0.05, 0) is 54.8 Å². The van der Waals surface area contributed by atoms with Crippen molar-refractivity contribution < 1.29 is 18.7 Å². The zero-order valence-electron chi connectivity index (χ0n) is 20.2. The molecule has 3 aromatic carbocycles. The van der Waals surface area contributed by atoms with Crippen molar-refractivity contribution in [3.05, 3.63) is 90.9 Å². The molecule has 4 N–H and O–H groups in total. The quantitative estimate of drug-likeness (QED) is 0.307. The molecule has 0 saturated carbocycles. The van der Waals surface area contributed by atoms with Gasteiger partial charge in [0, 0.05) is 36.3 Å². The van der Waals surface area contributed by atoms with Crippen molar-refractivity contribution in [1.82, 2.24) is 10.3 Å². The summed E-state index contributed by atoms with van der Waals surface area (Å²) in [6.07, 6.45) is 4.54. The number of para-hydroxylation sites is 1. The third-order valence-corrected chi connectivity index (χ3v) is 6.56. The molecule has 8 heteroatoms. The van der Waals surface area contributed by atoms with E-state index in [0.29, 0.717) is 35.4 Å². The number of piperidine rings is 1. The number of H-pyrrole nitrogens is 1. The van der Waals surface area contributed by atoms with Crippen LogP contribution in [0.1, 0.15) is 23.2 Å². The van der Waals surface area contributed by atoms with E-state index in [1.54, 1.807) is 6.20 Å². The molecule has 0 aliphatic carbocycles. The fourth-order valence-corrected chi connectivity index (χ4v) is 4.88. The standard InChI is InChI=1S/C29H27FN4O3/c1-2-25(35)33-19-7-6-14-34(17-19)28-24(30)15-22(29(31)36)27-26(28)23(16-32-27)18-10-12-21(13-11-18)37-20-8-4-3-5-9-20/h2-5,8-13,15-16,19,32H,1,6-7,14,17H2,(H2,31,36)(H,33,35)/t19-/m0/s1. The van der Waals surface area contributed by atoms with E-state index >= 15 is 4.39 Å². The summed E-state index contributed by atoms with van der Waals surface area (Å²) in [6.45, 7) is 4.54. The number of fused-ring (bicyclic) bond motifs is 1. The second-order valence-corrected chi connectivity index (χ2v) is 9.01. The Hall–Kier alpha value is -4.59. The summed E-state index contributed by atoms with van der Waals surface area (Å²) in [7, 11) is 0. The van der Waals surface area contributed by atoms with Gasteiger partial charge in [0.1, 0.15) is 17.3 Å². The lowest BCUT2D eigenvalue weighted by Gasteiger charge is -2.35. The number of aromatic nitrogens is 1. The van der Waals surface area contributed by atoms with Gasteiger partial charge in [0.05, 0.1) is 16.8 Å². The van der Waals surface area contributed by atoms with Gasteiger partial charge in [-0.2, -0.15) is 0 Å². The van der Waals surface area contributed by atoms with Crippen LogP contribution in [-0.4, -0.2) is 35.9 Å². The van der Waals surface area contributed by atoms with Gasteiger partial charge < -0.3 is 25.7 Å². The lowest BCUT2D eigenvalue weighted by molar-refractivity contribution is -0.117. The van der Waals surface area contributed by atoms with Crippen molar-refractivity contribution >= 4 is 28.4 Å². The van der Waals surface area contributed by atoms with Crippen LogP contribution in [0, 0.1) is 5.82 Å². The largest absolute Gasteiger partial charge is 0.457 e. The minimum atomic E-state index is -0.717. The predicted molar refractivity (Wildman–Crippen MR) is 142 cm³/mol. The summed E-state index contributed by atoms with van der Waals surface area (Å²) < 4.78 is 21.6. The molecule has 1 saturated heterocycles. The lowest BCUT2D eigenvalue weighted by atomic mass is 9.98. The highest BCUT2D eigenvalue weighted by Gasteiger charge is 2.28. The van der Waals surface area contributed by atoms with Gasteiger partial charge in [-0.25, -0.2) is 4.39 Å². The molecule has 2 amide bonds. The average molecular weight is 499 g/mol. The van der Waals surface area contributed by atoms with Crippen molar-refractivity contribution in [2.75, 3.05) is 18.0 Å². The minimum Gasteiger partial charge on any atom is -0.457 e. The van der Waals surface area contributed by atoms with E-state index in [0.717, 1.165) is 29.7 Å². The summed E-state index contributed by atoms with van der Waals surface area (Å²) in [5.74, 6) is -0.134. The Kier molecular flexibility index (Phi) is 6.64. The van der Waals surface area contributed by atoms with Gasteiger partial charge in [-0.1, -0.05) is 36.9 Å². The number of amides is 2. The second-order valence-electron chi connectivity index (χ2n) is 9.01. The Bertz CT molecular complexity index is 1460. The normalized spacial score (nSPS) is 15.4. The molecule has 188 valence electrons. The maximum Gasteiger partial charge on any atom is 0.250 e. The molecule has 1 aliphatic heterocycles. The number of primary amides is 1. The summed E-state index contributed by atoms with van der Waals surface area (Å²) in [5.41, 5.74) is 8.08. The van der Waals surface area contributed by atoms with Crippen molar-refractivity contribution in [3.63, 3.8) is 0 Å². The Balaban J connectivity index is 1.56. The first-order valence-corrected chi connectivity index (χ1v) is 12.1. The van der Waals surface area contributed by atoms with Crippen LogP contribution in [0.25, 0.3) is 22.0 Å². The number of anilines is 1. The van der Waals surface area contributed by atoms with Crippen LogP contribution in [0.2, 0.25) is 0 Å². The van der Waals surface area contributed by atoms with Gasteiger partial charge in [-0.15, -0.1) is 0 Å². The third-order valence-electron chi connectivity index (χ3n) is 6.56. The first-order valence-electron chi connectivity index (χ1n) is 12.1. The molecule has 4 aromatic rings. The van der Waals surface area contributed by atoms with Gasteiger partial charge in [0.15, 0.2) is 0 Å². The molecule has 7 nitrogen and oxygen atoms in total. The van der Waals surface area contributed by atoms with Crippen LogP contribution in [0.4, 0.5) is 10.1 Å². The van der Waals surface area contributed by atoms with Crippen molar-refractivity contribution in [1.29, 1.82) is 0 Å². The Morgan fingerprint density at radius 2 is 1.86 bits per heavy atom. The van der Waals surface area contributed by atoms with E-state index < -0.39 is 11.7 Å². The molecule has 37 heavy (non-hydrogen) atoms. The predicted octanol–water partition coefficient (Wildman–Crippen LogP) is 5.14. The van der Waals surface area contributed by atoms with Crippen LogP contribution < -0.4 is 20.7 Å².